The lowest BCUT2D eigenvalue weighted by Gasteiger charge is -2.31. The smallest absolute Gasteiger partial charge is 0.0497 e. The molecule has 0 aliphatic carbocycles. The highest BCUT2D eigenvalue weighted by atomic mass is 15.1. The van der Waals surface area contributed by atoms with Gasteiger partial charge < -0.3 is 9.80 Å². The fourth-order valence-electron chi connectivity index (χ4n) is 4.19. The first-order valence-electron chi connectivity index (χ1n) is 11.5. The number of benzene rings is 2. The lowest BCUT2D eigenvalue weighted by molar-refractivity contribution is 0.835. The zero-order valence-corrected chi connectivity index (χ0v) is 19.4. The van der Waals surface area contributed by atoms with Gasteiger partial charge in [0.05, 0.1) is 0 Å². The monoisotopic (exact) mass is 410 g/mol. The molecule has 2 aliphatic rings. The Morgan fingerprint density at radius 2 is 1.26 bits per heavy atom. The average Bonchev–Trinajstić information content (AvgIpc) is 2.79. The standard InChI is InChI=1S/C29H34N2/c1-21(2)24-6-10-28(11-7-24)30-17-14-26(15-18-30)27-16-19-31(23(5)20-27)29-12-8-25(9-13-29)22(3)4/h6-17,19-23H,18H2,1-5H3. The van der Waals surface area contributed by atoms with E-state index >= 15 is 0 Å². The predicted molar refractivity (Wildman–Crippen MR) is 135 cm³/mol. The molecule has 0 radical (unpaired) electrons. The van der Waals surface area contributed by atoms with E-state index in [1.807, 2.05) is 0 Å². The summed E-state index contributed by atoms with van der Waals surface area (Å²) in [4.78, 5) is 4.63. The molecule has 2 aromatic carbocycles. The van der Waals surface area contributed by atoms with Crippen LogP contribution < -0.4 is 9.80 Å². The SMILES string of the molecule is CC(C)c1ccc(N2C=CC(C3=CC(C)N(c4ccc(C(C)C)cc4)C=C3)=CC2)cc1. The first kappa shape index (κ1) is 21.2. The third kappa shape index (κ3) is 4.69. The Morgan fingerprint density at radius 3 is 1.74 bits per heavy atom. The van der Waals surface area contributed by atoms with Crippen molar-refractivity contribution in [1.82, 2.24) is 0 Å². The van der Waals surface area contributed by atoms with Crippen molar-refractivity contribution < 1.29 is 0 Å². The van der Waals surface area contributed by atoms with Crippen LogP contribution in [0.15, 0.2) is 96.4 Å². The highest BCUT2D eigenvalue weighted by Gasteiger charge is 2.17. The first-order valence-corrected chi connectivity index (χ1v) is 11.5. The van der Waals surface area contributed by atoms with Gasteiger partial charge in [0.2, 0.25) is 0 Å². The molecule has 2 aliphatic heterocycles. The Balaban J connectivity index is 1.42. The summed E-state index contributed by atoms with van der Waals surface area (Å²) in [5.41, 5.74) is 7.85. The third-order valence-electron chi connectivity index (χ3n) is 6.30. The van der Waals surface area contributed by atoms with Crippen molar-refractivity contribution in [2.75, 3.05) is 16.3 Å². The summed E-state index contributed by atoms with van der Waals surface area (Å²) in [5, 5.41) is 0. The number of hydrogen-bond acceptors (Lipinski definition) is 2. The summed E-state index contributed by atoms with van der Waals surface area (Å²) in [6.07, 6.45) is 13.6. The van der Waals surface area contributed by atoms with Crippen LogP contribution in [0.5, 0.6) is 0 Å². The van der Waals surface area contributed by atoms with Crippen molar-refractivity contribution in [3.8, 4) is 0 Å². The molecular weight excluding hydrogens is 376 g/mol. The average molecular weight is 411 g/mol. The van der Waals surface area contributed by atoms with Crippen LogP contribution in [0.2, 0.25) is 0 Å². The quantitative estimate of drug-likeness (QED) is 0.502. The van der Waals surface area contributed by atoms with E-state index in [0.29, 0.717) is 17.9 Å². The second-order valence-corrected chi connectivity index (χ2v) is 9.21. The Bertz CT molecular complexity index is 1020. The predicted octanol–water partition coefficient (Wildman–Crippen LogP) is 7.54. The molecule has 0 spiro atoms. The Hall–Kier alpha value is -3.00. The molecule has 0 bridgehead atoms. The molecule has 1 atom stereocenters. The maximum Gasteiger partial charge on any atom is 0.0497 e. The molecule has 0 saturated heterocycles. The molecule has 31 heavy (non-hydrogen) atoms. The van der Waals surface area contributed by atoms with Crippen molar-refractivity contribution in [3.05, 3.63) is 108 Å². The zero-order chi connectivity index (χ0) is 22.0. The Kier molecular flexibility index (Phi) is 6.18. The fourth-order valence-corrected chi connectivity index (χ4v) is 4.19. The van der Waals surface area contributed by atoms with E-state index in [0.717, 1.165) is 6.54 Å². The van der Waals surface area contributed by atoms with Crippen LogP contribution in [0.1, 0.15) is 57.6 Å². The van der Waals surface area contributed by atoms with E-state index in [4.69, 9.17) is 0 Å². The van der Waals surface area contributed by atoms with Crippen molar-refractivity contribution in [3.63, 3.8) is 0 Å². The van der Waals surface area contributed by atoms with E-state index in [9.17, 15) is 0 Å². The normalized spacial score (nSPS) is 18.6. The number of anilines is 2. The van der Waals surface area contributed by atoms with Crippen LogP contribution >= 0.6 is 0 Å². The van der Waals surface area contributed by atoms with Gasteiger partial charge in [-0.3, -0.25) is 0 Å². The molecule has 2 aromatic rings. The zero-order valence-electron chi connectivity index (χ0n) is 19.4. The van der Waals surface area contributed by atoms with Crippen LogP contribution in [-0.4, -0.2) is 12.6 Å². The summed E-state index contributed by atoms with van der Waals surface area (Å²) in [7, 11) is 0. The minimum atomic E-state index is 0.320. The summed E-state index contributed by atoms with van der Waals surface area (Å²) in [6.45, 7) is 12.1. The molecule has 0 amide bonds. The van der Waals surface area contributed by atoms with E-state index in [1.165, 1.54) is 33.6 Å². The van der Waals surface area contributed by atoms with E-state index in [1.54, 1.807) is 0 Å². The molecule has 0 aromatic heterocycles. The highest BCUT2D eigenvalue weighted by molar-refractivity contribution is 5.61. The molecule has 0 N–H and O–H groups in total. The molecule has 2 heterocycles. The number of hydrogen-bond donors (Lipinski definition) is 0. The molecular formula is C29H34N2. The van der Waals surface area contributed by atoms with Gasteiger partial charge in [0.15, 0.2) is 0 Å². The molecule has 2 heteroatoms. The van der Waals surface area contributed by atoms with Gasteiger partial charge in [0.25, 0.3) is 0 Å². The van der Waals surface area contributed by atoms with Crippen molar-refractivity contribution in [2.45, 2.75) is 52.5 Å². The Labute approximate surface area is 187 Å². The van der Waals surface area contributed by atoms with Gasteiger partial charge in [-0.05, 0) is 77.5 Å². The molecule has 0 fully saturated rings. The van der Waals surface area contributed by atoms with Crippen molar-refractivity contribution in [1.29, 1.82) is 0 Å². The van der Waals surface area contributed by atoms with Gasteiger partial charge in [-0.25, -0.2) is 0 Å². The van der Waals surface area contributed by atoms with E-state index < -0.39 is 0 Å². The minimum absolute atomic E-state index is 0.320. The van der Waals surface area contributed by atoms with Gasteiger partial charge in [-0.1, -0.05) is 64.1 Å². The first-order chi connectivity index (χ1) is 14.9. The summed E-state index contributed by atoms with van der Waals surface area (Å²) >= 11 is 0. The lowest BCUT2D eigenvalue weighted by Crippen LogP contribution is -2.29. The van der Waals surface area contributed by atoms with Crippen molar-refractivity contribution >= 4 is 11.4 Å². The summed E-state index contributed by atoms with van der Waals surface area (Å²) in [5.74, 6) is 1.13. The van der Waals surface area contributed by atoms with Gasteiger partial charge in [0.1, 0.15) is 0 Å². The van der Waals surface area contributed by atoms with Gasteiger partial charge >= 0.3 is 0 Å². The van der Waals surface area contributed by atoms with Crippen LogP contribution in [0.25, 0.3) is 0 Å². The van der Waals surface area contributed by atoms with Gasteiger partial charge in [-0.15, -0.1) is 0 Å². The number of allylic oxidation sites excluding steroid dienone is 4. The minimum Gasteiger partial charge on any atom is -0.344 e. The van der Waals surface area contributed by atoms with E-state index in [-0.39, 0.29) is 0 Å². The molecule has 1 unspecified atom stereocenters. The summed E-state index contributed by atoms with van der Waals surface area (Å²) < 4.78 is 0. The number of rotatable bonds is 5. The Morgan fingerprint density at radius 1 is 0.710 bits per heavy atom. The molecule has 4 rings (SSSR count). The van der Waals surface area contributed by atoms with Crippen LogP contribution in [0.4, 0.5) is 11.4 Å². The van der Waals surface area contributed by atoms with Crippen LogP contribution in [-0.2, 0) is 0 Å². The molecule has 160 valence electrons. The molecule has 2 nitrogen and oxygen atoms in total. The van der Waals surface area contributed by atoms with Crippen molar-refractivity contribution in [2.24, 2.45) is 0 Å². The van der Waals surface area contributed by atoms with Gasteiger partial charge in [-0.2, -0.15) is 0 Å². The highest BCUT2D eigenvalue weighted by Crippen LogP contribution is 2.29. The maximum atomic E-state index is 2.36. The summed E-state index contributed by atoms with van der Waals surface area (Å²) in [6, 6.07) is 18.2. The van der Waals surface area contributed by atoms with Crippen LogP contribution in [0.3, 0.4) is 0 Å². The second kappa shape index (κ2) is 9.01. The van der Waals surface area contributed by atoms with Crippen LogP contribution in [0, 0.1) is 0 Å². The van der Waals surface area contributed by atoms with E-state index in [2.05, 4.69) is 130 Å². The third-order valence-corrected chi connectivity index (χ3v) is 6.30. The van der Waals surface area contributed by atoms with Gasteiger partial charge in [0, 0.05) is 36.4 Å². The molecule has 0 saturated carbocycles. The lowest BCUT2D eigenvalue weighted by atomic mass is 9.97. The second-order valence-electron chi connectivity index (χ2n) is 9.21. The largest absolute Gasteiger partial charge is 0.344 e. The number of nitrogens with zero attached hydrogens (tertiary/aromatic N) is 2. The topological polar surface area (TPSA) is 6.48 Å². The fraction of sp³-hybridized carbons (Fsp3) is 0.310. The maximum absolute atomic E-state index is 2.36.